The van der Waals surface area contributed by atoms with Gasteiger partial charge in [-0.15, -0.1) is 0 Å². The number of alkyl halides is 3. The number of nitrogens with one attached hydrogen (secondary N) is 1. The van der Waals surface area contributed by atoms with Crippen LogP contribution in [0.15, 0.2) is 18.2 Å². The van der Waals surface area contributed by atoms with Crippen molar-refractivity contribution < 1.29 is 23.1 Å². The van der Waals surface area contributed by atoms with E-state index in [2.05, 4.69) is 5.32 Å². The molecule has 1 rings (SSSR count). The van der Waals surface area contributed by atoms with Crippen molar-refractivity contribution in [3.63, 3.8) is 0 Å². The van der Waals surface area contributed by atoms with Gasteiger partial charge < -0.3 is 15.3 Å². The minimum Gasteiger partial charge on any atom is -0.395 e. The lowest BCUT2D eigenvalue weighted by Gasteiger charge is -2.21. The summed E-state index contributed by atoms with van der Waals surface area (Å²) >= 11 is 0. The van der Waals surface area contributed by atoms with Gasteiger partial charge in [-0.2, -0.15) is 13.2 Å². The lowest BCUT2D eigenvalue weighted by molar-refractivity contribution is -0.138. The third-order valence-electron chi connectivity index (χ3n) is 2.92. The van der Waals surface area contributed by atoms with Crippen molar-refractivity contribution in [2.75, 3.05) is 25.0 Å². The summed E-state index contributed by atoms with van der Waals surface area (Å²) in [7, 11) is 0. The monoisotopic (exact) mass is 290 g/mol. The second kappa shape index (κ2) is 6.60. The molecular weight excluding hydrogens is 273 g/mol. The Morgan fingerprint density at radius 1 is 1.40 bits per heavy atom. The third-order valence-corrected chi connectivity index (χ3v) is 2.92. The summed E-state index contributed by atoms with van der Waals surface area (Å²) in [5.41, 5.74) is -0.699. The van der Waals surface area contributed by atoms with E-state index >= 15 is 0 Å². The molecule has 0 saturated carbocycles. The fraction of sp³-hybridized carbons (Fsp3) is 0.462. The number of benzene rings is 1. The average molecular weight is 290 g/mol. The van der Waals surface area contributed by atoms with E-state index in [9.17, 15) is 18.0 Å². The van der Waals surface area contributed by atoms with Crippen LogP contribution >= 0.6 is 0 Å². The highest BCUT2D eigenvalue weighted by atomic mass is 19.4. The normalized spacial score (nSPS) is 11.3. The number of likely N-dealkylation sites (N-methyl/N-ethyl adjacent to an activating group) is 1. The lowest BCUT2D eigenvalue weighted by atomic mass is 10.1. The van der Waals surface area contributed by atoms with Crippen molar-refractivity contribution in [1.82, 2.24) is 4.90 Å². The molecule has 2 N–H and O–H groups in total. The summed E-state index contributed by atoms with van der Waals surface area (Å²) < 4.78 is 38.3. The number of urea groups is 1. The summed E-state index contributed by atoms with van der Waals surface area (Å²) in [6.45, 7) is 3.29. The summed E-state index contributed by atoms with van der Waals surface area (Å²) in [4.78, 5) is 13.2. The number of nitrogens with zero attached hydrogens (tertiary/aromatic N) is 1. The predicted octanol–water partition coefficient (Wildman–Crippen LogP) is 2.86. The van der Waals surface area contributed by atoms with Gasteiger partial charge in [0.1, 0.15) is 0 Å². The van der Waals surface area contributed by atoms with Crippen LogP contribution in [0.3, 0.4) is 0 Å². The van der Waals surface area contributed by atoms with Crippen LogP contribution in [0, 0.1) is 6.92 Å². The van der Waals surface area contributed by atoms with Crippen molar-refractivity contribution in [3.05, 3.63) is 29.3 Å². The molecule has 0 radical (unpaired) electrons. The topological polar surface area (TPSA) is 52.6 Å². The van der Waals surface area contributed by atoms with Crippen LogP contribution in [0.4, 0.5) is 23.7 Å². The Bertz CT molecular complexity index is 475. The van der Waals surface area contributed by atoms with Gasteiger partial charge in [0.2, 0.25) is 0 Å². The molecule has 0 bridgehead atoms. The molecule has 1 aromatic rings. The number of halogens is 3. The number of carbonyl (C=O) groups is 1. The van der Waals surface area contributed by atoms with Crippen LogP contribution < -0.4 is 5.32 Å². The average Bonchev–Trinajstić information content (AvgIpc) is 2.36. The van der Waals surface area contributed by atoms with Crippen LogP contribution in [-0.4, -0.2) is 35.7 Å². The van der Waals surface area contributed by atoms with Crippen LogP contribution in [-0.2, 0) is 6.18 Å². The molecule has 20 heavy (non-hydrogen) atoms. The smallest absolute Gasteiger partial charge is 0.395 e. The van der Waals surface area contributed by atoms with Gasteiger partial charge in [0.05, 0.1) is 12.2 Å². The molecule has 2 amide bonds. The first-order valence-corrected chi connectivity index (χ1v) is 6.14. The quantitative estimate of drug-likeness (QED) is 0.896. The molecule has 112 valence electrons. The van der Waals surface area contributed by atoms with Crippen molar-refractivity contribution in [3.8, 4) is 0 Å². The Morgan fingerprint density at radius 2 is 2.05 bits per heavy atom. The maximum atomic E-state index is 12.8. The fourth-order valence-electron chi connectivity index (χ4n) is 1.80. The molecule has 1 aromatic carbocycles. The van der Waals surface area contributed by atoms with Gasteiger partial charge in [-0.3, -0.25) is 0 Å². The maximum absolute atomic E-state index is 12.8. The summed E-state index contributed by atoms with van der Waals surface area (Å²) in [5.74, 6) is 0. The molecule has 0 unspecified atom stereocenters. The van der Waals surface area contributed by atoms with Gasteiger partial charge in [-0.1, -0.05) is 6.07 Å². The maximum Gasteiger partial charge on any atom is 0.416 e. The molecule has 0 saturated heterocycles. The Balaban J connectivity index is 2.96. The van der Waals surface area contributed by atoms with Crippen molar-refractivity contribution in [2.45, 2.75) is 20.0 Å². The minimum absolute atomic E-state index is 0.0339. The van der Waals surface area contributed by atoms with Gasteiger partial charge >= 0.3 is 12.2 Å². The highest BCUT2D eigenvalue weighted by molar-refractivity contribution is 5.90. The molecule has 0 atom stereocenters. The SMILES string of the molecule is CCN(CCO)C(=O)Nc1cccc(C(F)(F)F)c1C. The molecule has 7 heteroatoms. The zero-order chi connectivity index (χ0) is 15.3. The van der Waals surface area contributed by atoms with Gasteiger partial charge in [-0.05, 0) is 31.5 Å². The van der Waals surface area contributed by atoms with E-state index in [4.69, 9.17) is 5.11 Å². The Morgan fingerprint density at radius 3 is 2.55 bits per heavy atom. The summed E-state index contributed by atoms with van der Waals surface area (Å²) in [6.07, 6.45) is -4.46. The molecular formula is C13H17F3N2O2. The zero-order valence-corrected chi connectivity index (χ0v) is 11.3. The number of carbonyl (C=O) groups excluding carboxylic acids is 1. The Hall–Kier alpha value is -1.76. The lowest BCUT2D eigenvalue weighted by Crippen LogP contribution is -2.37. The number of rotatable bonds is 4. The number of hydrogen-bond acceptors (Lipinski definition) is 2. The first kappa shape index (κ1) is 16.3. The fourth-order valence-corrected chi connectivity index (χ4v) is 1.80. The molecule has 4 nitrogen and oxygen atoms in total. The molecule has 0 aliphatic heterocycles. The van der Waals surface area contributed by atoms with Gasteiger partial charge in [0.15, 0.2) is 0 Å². The van der Waals surface area contributed by atoms with Crippen molar-refractivity contribution in [1.29, 1.82) is 0 Å². The van der Waals surface area contributed by atoms with E-state index in [0.717, 1.165) is 6.07 Å². The van der Waals surface area contributed by atoms with E-state index in [0.29, 0.717) is 6.54 Å². The van der Waals surface area contributed by atoms with E-state index in [1.54, 1.807) is 6.92 Å². The zero-order valence-electron chi connectivity index (χ0n) is 11.3. The second-order valence-electron chi connectivity index (χ2n) is 4.21. The minimum atomic E-state index is -4.46. The van der Waals surface area contributed by atoms with Crippen molar-refractivity contribution >= 4 is 11.7 Å². The third kappa shape index (κ3) is 3.86. The second-order valence-corrected chi connectivity index (χ2v) is 4.21. The van der Waals surface area contributed by atoms with Gasteiger partial charge in [-0.25, -0.2) is 4.79 Å². The molecule has 0 aliphatic rings. The summed E-state index contributed by atoms with van der Waals surface area (Å²) in [6, 6.07) is 3.09. The van der Waals surface area contributed by atoms with E-state index in [1.807, 2.05) is 0 Å². The Labute approximate surface area is 115 Å². The van der Waals surface area contributed by atoms with Crippen LogP contribution in [0.25, 0.3) is 0 Å². The first-order chi connectivity index (χ1) is 9.31. The predicted molar refractivity (Wildman–Crippen MR) is 69.5 cm³/mol. The van der Waals surface area contributed by atoms with Crippen LogP contribution in [0.1, 0.15) is 18.1 Å². The van der Waals surface area contributed by atoms with Gasteiger partial charge in [0, 0.05) is 18.8 Å². The van der Waals surface area contributed by atoms with Gasteiger partial charge in [0.25, 0.3) is 0 Å². The number of aliphatic hydroxyl groups is 1. The Kier molecular flexibility index (Phi) is 5.38. The molecule has 0 aromatic heterocycles. The first-order valence-electron chi connectivity index (χ1n) is 6.14. The molecule has 0 heterocycles. The van der Waals surface area contributed by atoms with Crippen LogP contribution in [0.2, 0.25) is 0 Å². The molecule has 0 fully saturated rings. The standard InChI is InChI=1S/C13H17F3N2O2/c1-3-18(7-8-19)12(20)17-11-6-4-5-10(9(11)2)13(14,15)16/h4-6,19H,3,7-8H2,1-2H3,(H,17,20). The number of anilines is 1. The highest BCUT2D eigenvalue weighted by Gasteiger charge is 2.33. The number of amides is 2. The van der Waals surface area contributed by atoms with Crippen LogP contribution in [0.5, 0.6) is 0 Å². The molecule has 0 spiro atoms. The number of hydrogen-bond donors (Lipinski definition) is 2. The summed E-state index contributed by atoms with van der Waals surface area (Å²) in [5, 5.41) is 11.3. The van der Waals surface area contributed by atoms with Crippen molar-refractivity contribution in [2.24, 2.45) is 0 Å². The molecule has 0 aliphatic carbocycles. The highest BCUT2D eigenvalue weighted by Crippen LogP contribution is 2.34. The van der Waals surface area contributed by atoms with E-state index in [1.165, 1.54) is 24.0 Å². The number of aliphatic hydroxyl groups excluding tert-OH is 1. The van der Waals surface area contributed by atoms with E-state index < -0.39 is 17.8 Å². The van der Waals surface area contributed by atoms with E-state index in [-0.39, 0.29) is 24.4 Å². The largest absolute Gasteiger partial charge is 0.416 e.